The van der Waals surface area contributed by atoms with Gasteiger partial charge in [-0.3, -0.25) is 0 Å². The molecule has 7 heteroatoms. The molecule has 2 aromatic rings. The van der Waals surface area contributed by atoms with Gasteiger partial charge in [0.25, 0.3) is 0 Å². The van der Waals surface area contributed by atoms with Crippen molar-refractivity contribution in [3.05, 3.63) is 18.6 Å². The number of hydrogen-bond donors (Lipinski definition) is 2. The van der Waals surface area contributed by atoms with Gasteiger partial charge in [0.1, 0.15) is 22.6 Å². The standard InChI is InChI=1S/C13H18N4O2S/c1-13(2,3)19-12(18)15-6-7-20-11-9-4-5-14-10(9)16-8-17-11/h4-5,8H,6-7H2,1-3H3,(H,15,18)(H,14,16,17). The summed E-state index contributed by atoms with van der Waals surface area (Å²) in [5.74, 6) is 0.719. The van der Waals surface area contributed by atoms with Gasteiger partial charge in [-0.1, -0.05) is 0 Å². The Hall–Kier alpha value is -1.76. The Labute approximate surface area is 121 Å². The quantitative estimate of drug-likeness (QED) is 0.514. The van der Waals surface area contributed by atoms with Crippen LogP contribution in [0.5, 0.6) is 0 Å². The van der Waals surface area contributed by atoms with E-state index in [9.17, 15) is 4.79 Å². The van der Waals surface area contributed by atoms with Gasteiger partial charge >= 0.3 is 6.09 Å². The molecule has 0 aliphatic rings. The van der Waals surface area contributed by atoms with Crippen molar-refractivity contribution in [1.29, 1.82) is 0 Å². The third-order valence-corrected chi connectivity index (χ3v) is 3.33. The number of carbonyl (C=O) groups is 1. The maximum Gasteiger partial charge on any atom is 0.407 e. The molecule has 0 bridgehead atoms. The van der Waals surface area contributed by atoms with Gasteiger partial charge in [0, 0.05) is 18.5 Å². The first-order valence-corrected chi connectivity index (χ1v) is 7.32. The summed E-state index contributed by atoms with van der Waals surface area (Å²) in [5.41, 5.74) is 0.351. The molecule has 0 saturated carbocycles. The molecule has 2 rings (SSSR count). The minimum Gasteiger partial charge on any atom is -0.444 e. The minimum atomic E-state index is -0.471. The summed E-state index contributed by atoms with van der Waals surface area (Å²) in [6.45, 7) is 6.04. The number of nitrogens with zero attached hydrogens (tertiary/aromatic N) is 2. The summed E-state index contributed by atoms with van der Waals surface area (Å²) in [5, 5.41) is 4.62. The fraction of sp³-hybridized carbons (Fsp3) is 0.462. The number of nitrogens with one attached hydrogen (secondary N) is 2. The Morgan fingerprint density at radius 3 is 3.00 bits per heavy atom. The highest BCUT2D eigenvalue weighted by Gasteiger charge is 2.15. The summed E-state index contributed by atoms with van der Waals surface area (Å²) in [4.78, 5) is 22.9. The Morgan fingerprint density at radius 1 is 1.45 bits per heavy atom. The van der Waals surface area contributed by atoms with Crippen LogP contribution in [-0.4, -0.2) is 38.9 Å². The number of hydrogen-bond acceptors (Lipinski definition) is 5. The van der Waals surface area contributed by atoms with E-state index in [4.69, 9.17) is 4.74 Å². The van der Waals surface area contributed by atoms with E-state index in [-0.39, 0.29) is 0 Å². The van der Waals surface area contributed by atoms with Crippen LogP contribution in [-0.2, 0) is 4.74 Å². The van der Waals surface area contributed by atoms with Crippen molar-refractivity contribution >= 4 is 28.9 Å². The Kier molecular flexibility index (Phi) is 4.49. The Morgan fingerprint density at radius 2 is 2.25 bits per heavy atom. The van der Waals surface area contributed by atoms with Gasteiger partial charge in [0.2, 0.25) is 0 Å². The Bertz CT molecular complexity index is 591. The van der Waals surface area contributed by atoms with E-state index in [1.165, 1.54) is 6.33 Å². The van der Waals surface area contributed by atoms with Gasteiger partial charge in [-0.25, -0.2) is 14.8 Å². The van der Waals surface area contributed by atoms with E-state index in [0.29, 0.717) is 6.54 Å². The van der Waals surface area contributed by atoms with Gasteiger partial charge < -0.3 is 15.0 Å². The third kappa shape index (κ3) is 4.12. The summed E-state index contributed by atoms with van der Waals surface area (Å²) in [7, 11) is 0. The maximum absolute atomic E-state index is 11.5. The molecule has 0 radical (unpaired) electrons. The van der Waals surface area contributed by atoms with Gasteiger partial charge in [-0.05, 0) is 26.8 Å². The topological polar surface area (TPSA) is 79.9 Å². The number of H-pyrrole nitrogens is 1. The molecule has 0 atom stereocenters. The van der Waals surface area contributed by atoms with Crippen LogP contribution in [0.3, 0.4) is 0 Å². The third-order valence-electron chi connectivity index (χ3n) is 2.33. The zero-order valence-corrected chi connectivity index (χ0v) is 12.6. The summed E-state index contributed by atoms with van der Waals surface area (Å²) in [6.07, 6.45) is 2.97. The predicted molar refractivity (Wildman–Crippen MR) is 78.8 cm³/mol. The molecule has 2 heterocycles. The largest absolute Gasteiger partial charge is 0.444 e. The average molecular weight is 294 g/mol. The van der Waals surface area contributed by atoms with Crippen molar-refractivity contribution < 1.29 is 9.53 Å². The molecule has 0 unspecified atom stereocenters. The number of alkyl carbamates (subject to hydrolysis) is 1. The lowest BCUT2D eigenvalue weighted by molar-refractivity contribution is 0.0531. The molecule has 2 aromatic heterocycles. The molecule has 0 saturated heterocycles. The number of thioether (sulfide) groups is 1. The highest BCUT2D eigenvalue weighted by Crippen LogP contribution is 2.22. The van der Waals surface area contributed by atoms with E-state index in [0.717, 1.165) is 21.8 Å². The van der Waals surface area contributed by atoms with Crippen LogP contribution >= 0.6 is 11.8 Å². The number of amides is 1. The van der Waals surface area contributed by atoms with Crippen LogP contribution in [0.15, 0.2) is 23.6 Å². The van der Waals surface area contributed by atoms with Crippen LogP contribution < -0.4 is 5.32 Å². The highest BCUT2D eigenvalue weighted by molar-refractivity contribution is 7.99. The number of aromatic nitrogens is 3. The molecule has 20 heavy (non-hydrogen) atoms. The summed E-state index contributed by atoms with van der Waals surface area (Å²) < 4.78 is 5.16. The van der Waals surface area contributed by atoms with Crippen LogP contribution in [0.25, 0.3) is 11.0 Å². The molecule has 0 spiro atoms. The van der Waals surface area contributed by atoms with Crippen molar-refractivity contribution in [3.8, 4) is 0 Å². The second-order valence-corrected chi connectivity index (χ2v) is 6.28. The van der Waals surface area contributed by atoms with Gasteiger partial charge in [0.15, 0.2) is 0 Å². The molecule has 6 nitrogen and oxygen atoms in total. The lowest BCUT2D eigenvalue weighted by atomic mass is 10.2. The van der Waals surface area contributed by atoms with E-state index in [1.54, 1.807) is 11.8 Å². The fourth-order valence-corrected chi connectivity index (χ4v) is 2.42. The number of aromatic amines is 1. The summed E-state index contributed by atoms with van der Waals surface area (Å²) in [6, 6.07) is 1.94. The van der Waals surface area contributed by atoms with Gasteiger partial charge in [-0.15, -0.1) is 11.8 Å². The first-order chi connectivity index (χ1) is 9.46. The summed E-state index contributed by atoms with van der Waals surface area (Å²) >= 11 is 1.57. The number of rotatable bonds is 4. The minimum absolute atomic E-state index is 0.396. The van der Waals surface area contributed by atoms with E-state index in [2.05, 4.69) is 20.3 Å². The SMILES string of the molecule is CC(C)(C)OC(=O)NCCSc1ncnc2[nH]ccc12. The molecular weight excluding hydrogens is 276 g/mol. The molecule has 1 amide bonds. The first kappa shape index (κ1) is 14.6. The number of fused-ring (bicyclic) bond motifs is 1. The molecule has 0 aliphatic heterocycles. The zero-order valence-electron chi connectivity index (χ0n) is 11.8. The van der Waals surface area contributed by atoms with E-state index >= 15 is 0 Å². The van der Waals surface area contributed by atoms with Crippen LogP contribution in [0.1, 0.15) is 20.8 Å². The molecule has 108 valence electrons. The van der Waals surface area contributed by atoms with Crippen molar-refractivity contribution in [2.75, 3.05) is 12.3 Å². The lowest BCUT2D eigenvalue weighted by Crippen LogP contribution is -2.33. The second-order valence-electron chi connectivity index (χ2n) is 5.20. The van der Waals surface area contributed by atoms with Crippen LogP contribution in [0, 0.1) is 0 Å². The van der Waals surface area contributed by atoms with Crippen molar-refractivity contribution in [3.63, 3.8) is 0 Å². The molecule has 0 fully saturated rings. The molecule has 0 aliphatic carbocycles. The van der Waals surface area contributed by atoms with E-state index < -0.39 is 11.7 Å². The lowest BCUT2D eigenvalue weighted by Gasteiger charge is -2.19. The van der Waals surface area contributed by atoms with Gasteiger partial charge in [-0.2, -0.15) is 0 Å². The Balaban J connectivity index is 1.79. The number of carbonyl (C=O) groups excluding carboxylic acids is 1. The molecule has 2 N–H and O–H groups in total. The molecular formula is C13H18N4O2S. The molecule has 0 aromatic carbocycles. The van der Waals surface area contributed by atoms with Crippen molar-refractivity contribution in [1.82, 2.24) is 20.3 Å². The normalized spacial score (nSPS) is 11.6. The van der Waals surface area contributed by atoms with E-state index in [1.807, 2.05) is 33.0 Å². The average Bonchev–Trinajstić information content (AvgIpc) is 2.81. The predicted octanol–water partition coefficient (Wildman–Crippen LogP) is 2.57. The first-order valence-electron chi connectivity index (χ1n) is 6.33. The number of ether oxygens (including phenoxy) is 1. The monoisotopic (exact) mass is 294 g/mol. The van der Waals surface area contributed by atoms with Crippen molar-refractivity contribution in [2.24, 2.45) is 0 Å². The maximum atomic E-state index is 11.5. The van der Waals surface area contributed by atoms with Crippen LogP contribution in [0.2, 0.25) is 0 Å². The highest BCUT2D eigenvalue weighted by atomic mass is 32.2. The van der Waals surface area contributed by atoms with Crippen molar-refractivity contribution in [2.45, 2.75) is 31.4 Å². The van der Waals surface area contributed by atoms with Crippen LogP contribution in [0.4, 0.5) is 4.79 Å². The fourth-order valence-electron chi connectivity index (χ4n) is 1.58. The second kappa shape index (κ2) is 6.13. The van der Waals surface area contributed by atoms with Gasteiger partial charge in [0.05, 0.1) is 5.39 Å². The zero-order chi connectivity index (χ0) is 14.6. The smallest absolute Gasteiger partial charge is 0.407 e.